The van der Waals surface area contributed by atoms with Crippen LogP contribution in [0.25, 0.3) is 10.8 Å². The molecule has 3 N–H and O–H groups in total. The first-order valence-corrected chi connectivity index (χ1v) is 9.70. The van der Waals surface area contributed by atoms with Crippen molar-refractivity contribution >= 4 is 32.8 Å². The number of fused-ring (bicyclic) bond motifs is 1. The Balaban J connectivity index is 1.78. The molecule has 0 amide bonds. The van der Waals surface area contributed by atoms with Gasteiger partial charge in [-0.3, -0.25) is 10.1 Å². The molecule has 2 aromatic carbocycles. The highest BCUT2D eigenvalue weighted by atomic mass is 31.2. The summed E-state index contributed by atoms with van der Waals surface area (Å²) in [6.45, 7) is -0.617. The Kier molecular flexibility index (Phi) is 4.86. The third-order valence-electron chi connectivity index (χ3n) is 4.72. The normalized spacial score (nSPS) is 29.4. The van der Waals surface area contributed by atoms with E-state index in [1.807, 2.05) is 0 Å². The van der Waals surface area contributed by atoms with Crippen molar-refractivity contribution in [2.75, 3.05) is 13.1 Å². The number of non-ortho nitro benzene ring substituents is 1. The van der Waals surface area contributed by atoms with E-state index in [1.165, 1.54) is 24.3 Å². The maximum absolute atomic E-state index is 14.0. The highest BCUT2D eigenvalue weighted by Gasteiger charge is 2.64. The lowest BCUT2D eigenvalue weighted by Crippen LogP contribution is -2.27. The molecular weight excluding hydrogens is 429 g/mol. The van der Waals surface area contributed by atoms with E-state index in [1.54, 1.807) is 0 Å². The summed E-state index contributed by atoms with van der Waals surface area (Å²) in [5.74, 6) is -2.38. The van der Waals surface area contributed by atoms with Gasteiger partial charge in [0.15, 0.2) is 14.6 Å². The van der Waals surface area contributed by atoms with E-state index in [4.69, 9.17) is 12.4 Å². The van der Waals surface area contributed by atoms with Crippen LogP contribution in [-0.2, 0) is 4.52 Å². The second-order valence-electron chi connectivity index (χ2n) is 7.02. The third-order valence-corrected chi connectivity index (χ3v) is 6.90. The molecule has 5 unspecified atom stereocenters. The summed E-state index contributed by atoms with van der Waals surface area (Å²) in [5, 5.41) is 40.4. The van der Waals surface area contributed by atoms with Gasteiger partial charge in [0.2, 0.25) is 5.91 Å². The predicted molar refractivity (Wildman–Crippen MR) is 98.7 cm³/mol. The molecule has 14 heteroatoms. The highest BCUT2D eigenvalue weighted by molar-refractivity contribution is 7.48. The molecule has 9 nitrogen and oxygen atoms in total. The summed E-state index contributed by atoms with van der Waals surface area (Å²) in [6, 6.07) is 7.44. The number of rotatable bonds is 6. The molecule has 2 aliphatic rings. The minimum absolute atomic E-state index is 0.00498. The van der Waals surface area contributed by atoms with E-state index in [2.05, 4.69) is 0 Å². The van der Waals surface area contributed by atoms with Crippen LogP contribution in [0.3, 0.4) is 0 Å². The maximum Gasteiger partial charge on any atom is 0.419 e. The van der Waals surface area contributed by atoms with Crippen LogP contribution in [0.15, 0.2) is 36.4 Å². The molecule has 0 saturated carbocycles. The topological polar surface area (TPSA) is 119 Å². The summed E-state index contributed by atoms with van der Waals surface area (Å²) >= 11 is 0. The molecule has 0 spiro atoms. The van der Waals surface area contributed by atoms with Crippen LogP contribution in [0, 0.1) is 10.1 Å². The van der Waals surface area contributed by atoms with Crippen LogP contribution in [-0.4, -0.2) is 68.2 Å². The number of hydrogen-bond acceptors (Lipinski definition) is 8. The number of nitrogens with zero attached hydrogens (tertiary/aromatic N) is 3. The summed E-state index contributed by atoms with van der Waals surface area (Å²) < 4.78 is 49.1. The van der Waals surface area contributed by atoms with Gasteiger partial charge in [-0.05, 0) is 23.1 Å². The van der Waals surface area contributed by atoms with Gasteiger partial charge < -0.3 is 19.8 Å². The second kappa shape index (κ2) is 6.82. The Morgan fingerprint density at radius 1 is 1.13 bits per heavy atom. The Hall–Kier alpha value is -1.86. The number of benzene rings is 2. The van der Waals surface area contributed by atoms with Gasteiger partial charge in [-0.2, -0.15) is 17.8 Å². The van der Waals surface area contributed by atoms with E-state index < -0.39 is 43.7 Å². The molecule has 2 fully saturated rings. The largest absolute Gasteiger partial charge is 0.419 e. The van der Waals surface area contributed by atoms with Crippen molar-refractivity contribution in [3.8, 4) is 0 Å². The van der Waals surface area contributed by atoms with Crippen LogP contribution < -0.4 is 0 Å². The fraction of sp³-hybridized carbons (Fsp3) is 0.375. The molecule has 2 aromatic rings. The predicted octanol–water partition coefficient (Wildman–Crippen LogP) is 1.68. The molecule has 4 rings (SSSR count). The zero-order valence-electron chi connectivity index (χ0n) is 15.0. The zero-order valence-corrected chi connectivity index (χ0v) is 15.9. The van der Waals surface area contributed by atoms with E-state index in [9.17, 15) is 38.6 Å². The molecular formula is C16H14BF3N3O6P. The lowest BCUT2D eigenvalue weighted by atomic mass is 9.99. The van der Waals surface area contributed by atoms with Crippen molar-refractivity contribution in [1.29, 1.82) is 0 Å². The van der Waals surface area contributed by atoms with Gasteiger partial charge in [-0.1, -0.05) is 18.2 Å². The molecule has 0 aromatic heterocycles. The van der Waals surface area contributed by atoms with Crippen LogP contribution in [0.4, 0.5) is 18.9 Å². The number of alkyl halides is 3. The lowest BCUT2D eigenvalue weighted by molar-refractivity contribution is -0.383. The van der Waals surface area contributed by atoms with Gasteiger partial charge in [0.05, 0.1) is 22.5 Å². The van der Waals surface area contributed by atoms with Gasteiger partial charge in [0, 0.05) is 12.6 Å². The van der Waals surface area contributed by atoms with Crippen LogP contribution in [0.5, 0.6) is 0 Å². The molecule has 2 saturated heterocycles. The number of nitro groups is 1. The zero-order chi connectivity index (χ0) is 22.1. The first kappa shape index (κ1) is 21.4. The maximum atomic E-state index is 14.0. The van der Waals surface area contributed by atoms with Crippen molar-refractivity contribution < 1.29 is 37.9 Å². The summed E-state index contributed by atoms with van der Waals surface area (Å²) in [6.07, 6.45) is -7.52. The molecule has 158 valence electrons. The molecule has 5 atom stereocenters. The van der Waals surface area contributed by atoms with Crippen LogP contribution >= 0.6 is 8.45 Å². The van der Waals surface area contributed by atoms with E-state index in [0.717, 1.165) is 21.5 Å². The minimum atomic E-state index is -4.95. The molecule has 2 heterocycles. The Morgan fingerprint density at radius 2 is 1.70 bits per heavy atom. The van der Waals surface area contributed by atoms with Crippen molar-refractivity contribution in [2.45, 2.75) is 23.8 Å². The minimum Gasteiger partial charge on any atom is -0.383 e. The number of aliphatic hydroxyl groups is 3. The van der Waals surface area contributed by atoms with E-state index in [0.29, 0.717) is 0 Å². The van der Waals surface area contributed by atoms with Crippen LogP contribution in [0.2, 0.25) is 0 Å². The molecule has 2 radical (unpaired) electrons. The molecule has 0 bridgehead atoms. The fourth-order valence-corrected chi connectivity index (χ4v) is 5.20. The van der Waals surface area contributed by atoms with Crippen molar-refractivity contribution in [3.05, 3.63) is 52.1 Å². The quantitative estimate of drug-likeness (QED) is 0.154. The third kappa shape index (κ3) is 3.78. The summed E-state index contributed by atoms with van der Waals surface area (Å²) in [4.78, 5) is 10.6. The monoisotopic (exact) mass is 443 g/mol. The van der Waals surface area contributed by atoms with Gasteiger partial charge in [0.25, 0.3) is 5.69 Å². The Morgan fingerprint density at radius 3 is 2.17 bits per heavy atom. The smallest absolute Gasteiger partial charge is 0.383 e. The standard InChI is InChI=1S/C16H14BF3N3O6P/c17-14(24)7-21(14)30(22-8-15(22,25)26)29-13(16(18,19)20)11-5-6-12(23(27)28)10-4-2-1-3-9(10)11/h1-6,13,24-26H,7-8H2. The average molecular weight is 443 g/mol. The number of nitro benzene ring substituents is 1. The van der Waals surface area contributed by atoms with Crippen molar-refractivity contribution in [1.82, 2.24) is 9.34 Å². The average Bonchev–Trinajstić information content (AvgIpc) is 3.47. The SMILES string of the molecule is [B]C1(O)CN1P(OC(c1ccc([N+](=O)[O-])c2ccccc12)C(F)(F)F)N1CC1(O)O. The van der Waals surface area contributed by atoms with E-state index in [-0.39, 0.29) is 28.6 Å². The number of halogens is 3. The van der Waals surface area contributed by atoms with Gasteiger partial charge in [0.1, 0.15) is 7.85 Å². The van der Waals surface area contributed by atoms with Crippen LogP contribution in [0.1, 0.15) is 11.7 Å². The van der Waals surface area contributed by atoms with Gasteiger partial charge in [-0.15, -0.1) is 0 Å². The Labute approximate surface area is 169 Å². The number of β-amino-alcohol motifs (C(OH)–C–C–N with tert-alkyl or cyclic N) is 3. The van der Waals surface area contributed by atoms with E-state index >= 15 is 0 Å². The first-order valence-electron chi connectivity index (χ1n) is 8.54. The van der Waals surface area contributed by atoms with Gasteiger partial charge in [-0.25, -0.2) is 4.67 Å². The van der Waals surface area contributed by atoms with Crippen molar-refractivity contribution in [3.63, 3.8) is 0 Å². The molecule has 2 aliphatic heterocycles. The molecule has 0 aliphatic carbocycles. The van der Waals surface area contributed by atoms with Crippen molar-refractivity contribution in [2.24, 2.45) is 0 Å². The summed E-state index contributed by atoms with van der Waals surface area (Å²) in [7, 11) is 3.01. The first-order chi connectivity index (χ1) is 13.8. The highest BCUT2D eigenvalue weighted by Crippen LogP contribution is 2.65. The molecule has 30 heavy (non-hydrogen) atoms. The second-order valence-corrected chi connectivity index (χ2v) is 8.71. The van der Waals surface area contributed by atoms with Gasteiger partial charge >= 0.3 is 6.18 Å². The Bertz CT molecular complexity index is 1000. The lowest BCUT2D eigenvalue weighted by Gasteiger charge is -2.29. The summed E-state index contributed by atoms with van der Waals surface area (Å²) in [5.41, 5.74) is -2.68. The number of hydrogen-bond donors (Lipinski definition) is 3. The fourth-order valence-electron chi connectivity index (χ4n) is 3.08.